The topological polar surface area (TPSA) is 43.6 Å². The van der Waals surface area contributed by atoms with Gasteiger partial charge in [0.2, 0.25) is 0 Å². The molecule has 250 valence electrons. The van der Waals surface area contributed by atoms with Crippen molar-refractivity contribution in [3.8, 4) is 62.1 Å². The summed E-state index contributed by atoms with van der Waals surface area (Å²) in [6, 6.07) is 60.6. The van der Waals surface area contributed by atoms with E-state index in [2.05, 4.69) is 156 Å². The van der Waals surface area contributed by atoms with E-state index >= 15 is 0 Å². The Morgan fingerprint density at radius 3 is 1.83 bits per heavy atom. The van der Waals surface area contributed by atoms with Crippen LogP contribution in [0.2, 0.25) is 0 Å². The molecule has 1 aliphatic rings. The van der Waals surface area contributed by atoms with Crippen LogP contribution < -0.4 is 0 Å². The molecule has 0 radical (unpaired) electrons. The van der Waals surface area contributed by atoms with Gasteiger partial charge in [0.25, 0.3) is 0 Å². The zero-order valence-corrected chi connectivity index (χ0v) is 29.7. The molecule has 0 N–H and O–H groups in total. The number of benzene rings is 8. The Balaban J connectivity index is 1.10. The van der Waals surface area contributed by atoms with Crippen molar-refractivity contribution in [2.75, 3.05) is 0 Å². The largest absolute Gasteiger partial charge is 0.309 e. The van der Waals surface area contributed by atoms with Crippen LogP contribution in [0.1, 0.15) is 0 Å². The van der Waals surface area contributed by atoms with Crippen molar-refractivity contribution in [2.45, 2.75) is 0 Å². The maximum absolute atomic E-state index is 5.31. The van der Waals surface area contributed by atoms with Crippen LogP contribution in [0.4, 0.5) is 0 Å². The smallest absolute Gasteiger partial charge is 0.164 e. The Labute approximate surface area is 314 Å². The van der Waals surface area contributed by atoms with Gasteiger partial charge in [0.05, 0.1) is 11.0 Å². The molecule has 8 aromatic carbocycles. The third-order valence-electron chi connectivity index (χ3n) is 11.0. The Morgan fingerprint density at radius 1 is 0.370 bits per heavy atom. The van der Waals surface area contributed by atoms with Crippen LogP contribution in [0.5, 0.6) is 0 Å². The fourth-order valence-corrected chi connectivity index (χ4v) is 9.75. The summed E-state index contributed by atoms with van der Waals surface area (Å²) >= 11 is 1.83. The third-order valence-corrected chi connectivity index (χ3v) is 12.1. The molecule has 54 heavy (non-hydrogen) atoms. The Kier molecular flexibility index (Phi) is 6.18. The minimum atomic E-state index is 0.644. The molecule has 0 saturated carbocycles. The highest BCUT2D eigenvalue weighted by atomic mass is 32.1. The summed E-state index contributed by atoms with van der Waals surface area (Å²) in [5, 5.41) is 7.44. The normalized spacial score (nSPS) is 12.1. The second-order valence-electron chi connectivity index (χ2n) is 14.0. The summed E-state index contributed by atoms with van der Waals surface area (Å²) in [5.41, 5.74) is 11.5. The third kappa shape index (κ3) is 4.27. The number of fused-ring (bicyclic) bond motifs is 9. The molecule has 0 fully saturated rings. The SMILES string of the molecule is c1ccc(-c2nc(-c3ccc4c5ccccc5n(-c5ccccc5)c4c3)nc(-c3cccc4sc5cc6c(cc5c34)-c3cccc4cccc-6c34)n2)cc1. The van der Waals surface area contributed by atoms with Gasteiger partial charge >= 0.3 is 0 Å². The van der Waals surface area contributed by atoms with Gasteiger partial charge in [-0.1, -0.05) is 127 Å². The van der Waals surface area contributed by atoms with Crippen LogP contribution in [0.25, 0.3) is 115 Å². The summed E-state index contributed by atoms with van der Waals surface area (Å²) in [6.07, 6.45) is 0. The van der Waals surface area contributed by atoms with Crippen LogP contribution in [0.15, 0.2) is 170 Å². The van der Waals surface area contributed by atoms with Crippen molar-refractivity contribution in [2.24, 2.45) is 0 Å². The molecule has 11 aromatic rings. The quantitative estimate of drug-likeness (QED) is 0.183. The highest BCUT2D eigenvalue weighted by Crippen LogP contribution is 2.51. The number of rotatable bonds is 4. The molecule has 1 aliphatic carbocycles. The molecule has 0 atom stereocenters. The van der Waals surface area contributed by atoms with E-state index < -0.39 is 0 Å². The average molecular weight is 705 g/mol. The van der Waals surface area contributed by atoms with Crippen molar-refractivity contribution in [1.29, 1.82) is 0 Å². The van der Waals surface area contributed by atoms with Crippen LogP contribution in [0.3, 0.4) is 0 Å². The molecule has 3 aromatic heterocycles. The van der Waals surface area contributed by atoms with Gasteiger partial charge in [-0.05, 0) is 75.5 Å². The second kappa shape index (κ2) is 11.3. The number of hydrogen-bond acceptors (Lipinski definition) is 4. The molecule has 0 spiro atoms. The maximum atomic E-state index is 5.31. The number of para-hydroxylation sites is 2. The predicted octanol–water partition coefficient (Wildman–Crippen LogP) is 13.1. The lowest BCUT2D eigenvalue weighted by molar-refractivity contribution is 1.08. The minimum Gasteiger partial charge on any atom is -0.309 e. The molecule has 0 amide bonds. The predicted molar refractivity (Wildman–Crippen MR) is 225 cm³/mol. The van der Waals surface area contributed by atoms with Crippen LogP contribution in [-0.2, 0) is 0 Å². The van der Waals surface area contributed by atoms with Gasteiger partial charge in [-0.15, -0.1) is 11.3 Å². The standard InChI is InChI=1S/C49H28N4S/c1-3-12-30(13-4-1)47-50-48(31-24-25-34-33-18-7-8-22-41(33)53(42(34)26-31)32-16-5-2-6-17-32)52-49(51-47)37-21-11-23-43-46(37)40-27-38-35-19-9-14-29-15-10-20-36(45(29)35)39(38)28-44(40)54-43/h1-28H. The van der Waals surface area contributed by atoms with Gasteiger partial charge < -0.3 is 4.57 Å². The first-order valence-corrected chi connectivity index (χ1v) is 19.0. The molecule has 4 nitrogen and oxygen atoms in total. The first-order valence-electron chi connectivity index (χ1n) is 18.2. The van der Waals surface area contributed by atoms with Crippen molar-refractivity contribution in [1.82, 2.24) is 19.5 Å². The van der Waals surface area contributed by atoms with E-state index in [4.69, 9.17) is 15.0 Å². The lowest BCUT2D eigenvalue weighted by Crippen LogP contribution is -2.00. The summed E-state index contributed by atoms with van der Waals surface area (Å²) in [4.78, 5) is 15.7. The highest BCUT2D eigenvalue weighted by molar-refractivity contribution is 7.26. The maximum Gasteiger partial charge on any atom is 0.164 e. The Morgan fingerprint density at radius 2 is 1.02 bits per heavy atom. The second-order valence-corrected chi connectivity index (χ2v) is 15.1. The lowest BCUT2D eigenvalue weighted by atomic mass is 9.99. The molecular weight excluding hydrogens is 677 g/mol. The van der Waals surface area contributed by atoms with Gasteiger partial charge in [-0.25, -0.2) is 15.0 Å². The summed E-state index contributed by atoms with van der Waals surface area (Å²) < 4.78 is 4.82. The van der Waals surface area contributed by atoms with E-state index in [1.165, 1.54) is 69.5 Å². The molecule has 0 bridgehead atoms. The molecular formula is C49H28N4S. The van der Waals surface area contributed by atoms with E-state index in [1.54, 1.807) is 0 Å². The van der Waals surface area contributed by atoms with Crippen molar-refractivity contribution in [3.63, 3.8) is 0 Å². The van der Waals surface area contributed by atoms with Gasteiger partial charge in [-0.3, -0.25) is 0 Å². The average Bonchev–Trinajstić information content (AvgIpc) is 3.88. The Bertz CT molecular complexity index is 3320. The highest BCUT2D eigenvalue weighted by Gasteiger charge is 2.24. The number of aromatic nitrogens is 4. The zero-order chi connectivity index (χ0) is 35.3. The van der Waals surface area contributed by atoms with E-state index in [0.717, 1.165) is 27.9 Å². The first-order chi connectivity index (χ1) is 26.8. The van der Waals surface area contributed by atoms with Crippen molar-refractivity contribution < 1.29 is 0 Å². The van der Waals surface area contributed by atoms with E-state index in [-0.39, 0.29) is 0 Å². The van der Waals surface area contributed by atoms with E-state index in [0.29, 0.717) is 17.5 Å². The van der Waals surface area contributed by atoms with Crippen LogP contribution >= 0.6 is 11.3 Å². The van der Waals surface area contributed by atoms with Gasteiger partial charge in [0.15, 0.2) is 17.5 Å². The van der Waals surface area contributed by atoms with Crippen molar-refractivity contribution >= 4 is 64.1 Å². The van der Waals surface area contributed by atoms with E-state index in [9.17, 15) is 0 Å². The van der Waals surface area contributed by atoms with Gasteiger partial charge in [-0.2, -0.15) is 0 Å². The Hall–Kier alpha value is -6.95. The lowest BCUT2D eigenvalue weighted by Gasteiger charge is -2.11. The summed E-state index contributed by atoms with van der Waals surface area (Å²) in [6.45, 7) is 0. The fraction of sp³-hybridized carbons (Fsp3) is 0. The minimum absolute atomic E-state index is 0.644. The summed E-state index contributed by atoms with van der Waals surface area (Å²) in [5.74, 6) is 1.96. The van der Waals surface area contributed by atoms with Crippen LogP contribution in [-0.4, -0.2) is 19.5 Å². The molecule has 0 saturated heterocycles. The number of hydrogen-bond donors (Lipinski definition) is 0. The van der Waals surface area contributed by atoms with Gasteiger partial charge in [0.1, 0.15) is 0 Å². The van der Waals surface area contributed by atoms with Crippen LogP contribution in [0, 0.1) is 0 Å². The molecule has 5 heteroatoms. The number of thiophene rings is 1. The molecule has 12 rings (SSSR count). The number of nitrogens with zero attached hydrogens (tertiary/aromatic N) is 4. The van der Waals surface area contributed by atoms with Gasteiger partial charge in [0, 0.05) is 53.3 Å². The summed E-state index contributed by atoms with van der Waals surface area (Å²) in [7, 11) is 0. The zero-order valence-electron chi connectivity index (χ0n) is 28.9. The first kappa shape index (κ1) is 29.6. The molecule has 3 heterocycles. The van der Waals surface area contributed by atoms with E-state index in [1.807, 2.05) is 29.5 Å². The fourth-order valence-electron chi connectivity index (χ4n) is 8.60. The van der Waals surface area contributed by atoms with Crippen molar-refractivity contribution in [3.05, 3.63) is 170 Å². The monoisotopic (exact) mass is 704 g/mol. The molecule has 0 aliphatic heterocycles. The molecule has 0 unspecified atom stereocenters.